The van der Waals surface area contributed by atoms with Gasteiger partial charge >= 0.3 is 5.97 Å². The molecule has 1 fully saturated rings. The van der Waals surface area contributed by atoms with Crippen LogP contribution in [0.4, 0.5) is 0 Å². The van der Waals surface area contributed by atoms with E-state index in [4.69, 9.17) is 10.8 Å². The Morgan fingerprint density at radius 3 is 2.70 bits per heavy atom. The molecule has 1 aliphatic rings. The number of carbonyl (C=O) groups is 2. The van der Waals surface area contributed by atoms with Gasteiger partial charge in [0.1, 0.15) is 0 Å². The largest absolute Gasteiger partial charge is 0.481 e. The lowest BCUT2D eigenvalue weighted by Crippen LogP contribution is -2.49. The third-order valence-corrected chi connectivity index (χ3v) is 4.73. The molecule has 3 N–H and O–H groups in total. The molecule has 5 nitrogen and oxygen atoms in total. The number of thioether (sulfide) groups is 1. The fourth-order valence-electron chi connectivity index (χ4n) is 2.47. The van der Waals surface area contributed by atoms with Gasteiger partial charge in [-0.05, 0) is 19.8 Å². The Bertz CT molecular complexity index is 336. The fraction of sp³-hybridized carbons (Fsp3) is 0.857. The van der Waals surface area contributed by atoms with Crippen LogP contribution in [0.15, 0.2) is 0 Å². The van der Waals surface area contributed by atoms with Gasteiger partial charge in [0.05, 0.1) is 12.5 Å². The van der Waals surface area contributed by atoms with E-state index < -0.39 is 5.97 Å². The molecule has 0 radical (unpaired) electrons. The lowest BCUT2D eigenvalue weighted by Gasteiger charge is -2.36. The van der Waals surface area contributed by atoms with Crippen LogP contribution in [-0.4, -0.2) is 52.0 Å². The van der Waals surface area contributed by atoms with Crippen molar-refractivity contribution in [2.24, 2.45) is 11.7 Å². The molecule has 116 valence electrons. The second-order valence-electron chi connectivity index (χ2n) is 5.67. The number of nitrogens with two attached hydrogens (primary N) is 1. The van der Waals surface area contributed by atoms with Crippen molar-refractivity contribution in [3.63, 3.8) is 0 Å². The Morgan fingerprint density at radius 1 is 1.40 bits per heavy atom. The van der Waals surface area contributed by atoms with E-state index in [0.717, 1.165) is 30.8 Å². The van der Waals surface area contributed by atoms with Crippen molar-refractivity contribution < 1.29 is 14.7 Å². The van der Waals surface area contributed by atoms with E-state index in [9.17, 15) is 9.59 Å². The summed E-state index contributed by atoms with van der Waals surface area (Å²) < 4.78 is 0. The number of carboxylic acids is 1. The summed E-state index contributed by atoms with van der Waals surface area (Å²) in [5, 5.41) is 8.95. The molecule has 1 aliphatic heterocycles. The minimum Gasteiger partial charge on any atom is -0.481 e. The number of rotatable bonds is 7. The molecule has 0 spiro atoms. The highest BCUT2D eigenvalue weighted by Crippen LogP contribution is 2.22. The van der Waals surface area contributed by atoms with Crippen LogP contribution in [0.3, 0.4) is 0 Å². The first kappa shape index (κ1) is 17.3. The summed E-state index contributed by atoms with van der Waals surface area (Å²) in [5.41, 5.74) is 5.71. The van der Waals surface area contributed by atoms with Crippen molar-refractivity contribution in [3.8, 4) is 0 Å². The molecule has 6 heteroatoms. The molecule has 1 rings (SSSR count). The van der Waals surface area contributed by atoms with Gasteiger partial charge in [0.25, 0.3) is 0 Å². The van der Waals surface area contributed by atoms with Crippen LogP contribution in [-0.2, 0) is 9.59 Å². The van der Waals surface area contributed by atoms with Crippen molar-refractivity contribution in [2.45, 2.75) is 51.6 Å². The van der Waals surface area contributed by atoms with E-state index in [1.54, 1.807) is 16.7 Å². The van der Waals surface area contributed by atoms with Gasteiger partial charge in [-0.3, -0.25) is 9.59 Å². The molecular formula is C14H26N2O3S. The number of aliphatic carboxylic acids is 1. The Labute approximate surface area is 125 Å². The first-order valence-corrected chi connectivity index (χ1v) is 8.43. The lowest BCUT2D eigenvalue weighted by atomic mass is 9.99. The van der Waals surface area contributed by atoms with Crippen LogP contribution in [0.1, 0.15) is 39.5 Å². The molecule has 0 aromatic heterocycles. The average molecular weight is 302 g/mol. The maximum Gasteiger partial charge on any atom is 0.305 e. The van der Waals surface area contributed by atoms with Gasteiger partial charge in [0.15, 0.2) is 0 Å². The number of nitrogens with zero attached hydrogens (tertiary/aromatic N) is 1. The molecule has 20 heavy (non-hydrogen) atoms. The van der Waals surface area contributed by atoms with Crippen molar-refractivity contribution in [2.75, 3.05) is 18.1 Å². The zero-order chi connectivity index (χ0) is 15.1. The van der Waals surface area contributed by atoms with Crippen LogP contribution in [0.25, 0.3) is 0 Å². The summed E-state index contributed by atoms with van der Waals surface area (Å²) >= 11 is 1.73. The van der Waals surface area contributed by atoms with Crippen molar-refractivity contribution >= 4 is 23.6 Å². The summed E-state index contributed by atoms with van der Waals surface area (Å²) in [6.45, 7) is 4.57. The highest BCUT2D eigenvalue weighted by Gasteiger charge is 2.31. The lowest BCUT2D eigenvalue weighted by molar-refractivity contribution is -0.142. The summed E-state index contributed by atoms with van der Waals surface area (Å²) in [5.74, 6) is 0.841. The molecule has 0 bridgehead atoms. The second-order valence-corrected chi connectivity index (χ2v) is 6.82. The highest BCUT2D eigenvalue weighted by molar-refractivity contribution is 7.99. The first-order valence-electron chi connectivity index (χ1n) is 7.27. The number of hydrogen-bond donors (Lipinski definition) is 2. The standard InChI is InChI=1S/C14H26N2O3S/c1-10(4-3-5-11(2)15)14(19)16-6-7-20-9-12(16)8-13(17)18/h10-12H,3-9,15H2,1-2H3,(H,17,18). The highest BCUT2D eigenvalue weighted by atomic mass is 32.2. The zero-order valence-corrected chi connectivity index (χ0v) is 13.2. The first-order chi connectivity index (χ1) is 9.41. The molecule has 0 aromatic rings. The minimum absolute atomic E-state index is 0.0469. The van der Waals surface area contributed by atoms with E-state index in [1.165, 1.54) is 0 Å². The van der Waals surface area contributed by atoms with E-state index in [1.807, 2.05) is 13.8 Å². The van der Waals surface area contributed by atoms with Gasteiger partial charge in [0.2, 0.25) is 5.91 Å². The van der Waals surface area contributed by atoms with Gasteiger partial charge in [-0.25, -0.2) is 0 Å². The fourth-order valence-corrected chi connectivity index (χ4v) is 3.53. The maximum absolute atomic E-state index is 12.5. The van der Waals surface area contributed by atoms with Crippen molar-refractivity contribution in [1.82, 2.24) is 4.90 Å². The Kier molecular flexibility index (Phi) is 7.37. The predicted octanol–water partition coefficient (Wildman–Crippen LogP) is 1.56. The Balaban J connectivity index is 2.51. The molecule has 0 saturated carbocycles. The summed E-state index contributed by atoms with van der Waals surface area (Å²) in [6, 6.07) is 0.0121. The third-order valence-electron chi connectivity index (χ3n) is 3.64. The molecular weight excluding hydrogens is 276 g/mol. The van der Waals surface area contributed by atoms with Crippen molar-refractivity contribution in [3.05, 3.63) is 0 Å². The molecule has 0 aromatic carbocycles. The van der Waals surface area contributed by atoms with Gasteiger partial charge < -0.3 is 15.7 Å². The van der Waals surface area contributed by atoms with Crippen LogP contribution in [0, 0.1) is 5.92 Å². The summed E-state index contributed by atoms with van der Waals surface area (Å²) in [6.07, 6.45) is 2.73. The predicted molar refractivity (Wildman–Crippen MR) is 81.7 cm³/mol. The normalized spacial score (nSPS) is 22.4. The van der Waals surface area contributed by atoms with Gasteiger partial charge in [-0.15, -0.1) is 0 Å². The molecule has 1 saturated heterocycles. The minimum atomic E-state index is -0.833. The maximum atomic E-state index is 12.5. The van der Waals surface area contributed by atoms with Gasteiger partial charge in [-0.1, -0.05) is 13.3 Å². The smallest absolute Gasteiger partial charge is 0.305 e. The van der Waals surface area contributed by atoms with Crippen LogP contribution < -0.4 is 5.73 Å². The number of amides is 1. The van der Waals surface area contributed by atoms with Crippen LogP contribution in [0.2, 0.25) is 0 Å². The van der Waals surface area contributed by atoms with Crippen molar-refractivity contribution in [1.29, 1.82) is 0 Å². The SMILES string of the molecule is CC(N)CCCC(C)C(=O)N1CCSCC1CC(=O)O. The Hall–Kier alpha value is -0.750. The molecule has 0 aliphatic carbocycles. The van der Waals surface area contributed by atoms with Gasteiger partial charge in [-0.2, -0.15) is 11.8 Å². The van der Waals surface area contributed by atoms with E-state index in [-0.39, 0.29) is 30.3 Å². The van der Waals surface area contributed by atoms with E-state index >= 15 is 0 Å². The Morgan fingerprint density at radius 2 is 2.10 bits per heavy atom. The quantitative estimate of drug-likeness (QED) is 0.745. The second kappa shape index (κ2) is 8.52. The monoisotopic (exact) mass is 302 g/mol. The van der Waals surface area contributed by atoms with Crippen LogP contribution in [0.5, 0.6) is 0 Å². The molecule has 1 amide bonds. The van der Waals surface area contributed by atoms with Crippen LogP contribution >= 0.6 is 11.8 Å². The number of hydrogen-bond acceptors (Lipinski definition) is 4. The topological polar surface area (TPSA) is 83.6 Å². The average Bonchev–Trinajstić information content (AvgIpc) is 2.37. The van der Waals surface area contributed by atoms with Gasteiger partial charge in [0, 0.05) is 30.0 Å². The summed E-state index contributed by atoms with van der Waals surface area (Å²) in [4.78, 5) is 25.1. The zero-order valence-electron chi connectivity index (χ0n) is 12.4. The van der Waals surface area contributed by atoms with E-state index in [2.05, 4.69) is 0 Å². The third kappa shape index (κ3) is 5.71. The molecule has 3 atom stereocenters. The van der Waals surface area contributed by atoms with E-state index in [0.29, 0.717) is 6.54 Å². The molecule has 1 heterocycles. The summed E-state index contributed by atoms with van der Waals surface area (Å²) in [7, 11) is 0. The molecule has 3 unspecified atom stereocenters. The number of carboxylic acid groups (broad SMARTS) is 1. The number of carbonyl (C=O) groups excluding carboxylic acids is 1.